The maximum atomic E-state index is 12.8. The lowest BCUT2D eigenvalue weighted by Crippen LogP contribution is -2.30. The molecule has 362 valence electrons. The minimum Gasteiger partial charge on any atom is -0.462 e. The third-order valence-corrected chi connectivity index (χ3v) is 12.6. The first kappa shape index (κ1) is 59.4. The highest BCUT2D eigenvalue weighted by Crippen LogP contribution is 2.17. The average molecular weight is 863 g/mol. The SMILES string of the molecule is CCCCCCCCCCCCCCCCCCCCCC(=O)OC[C@H](COC(=O)CCCCCCCCCCC)OC(=O)CCCCCCCCCCCCCCCCC. The predicted molar refractivity (Wildman–Crippen MR) is 261 cm³/mol. The molecule has 0 radical (unpaired) electrons. The molecule has 0 saturated carbocycles. The smallest absolute Gasteiger partial charge is 0.306 e. The van der Waals surface area contributed by atoms with Crippen molar-refractivity contribution >= 4 is 17.9 Å². The molecule has 61 heavy (non-hydrogen) atoms. The van der Waals surface area contributed by atoms with Crippen LogP contribution in [-0.2, 0) is 28.6 Å². The third-order valence-electron chi connectivity index (χ3n) is 12.6. The third kappa shape index (κ3) is 49.3. The Morgan fingerprint density at radius 1 is 0.262 bits per heavy atom. The largest absolute Gasteiger partial charge is 0.462 e. The zero-order valence-electron chi connectivity index (χ0n) is 41.5. The number of esters is 3. The van der Waals surface area contributed by atoms with Crippen LogP contribution in [0, 0.1) is 0 Å². The number of unbranched alkanes of at least 4 members (excludes halogenated alkanes) is 40. The maximum absolute atomic E-state index is 12.8. The molecule has 0 fully saturated rings. The molecule has 0 aromatic heterocycles. The van der Waals surface area contributed by atoms with E-state index in [1.807, 2.05) is 0 Å². The first-order valence-corrected chi connectivity index (χ1v) is 27.5. The molecular weight excluding hydrogens is 757 g/mol. The Hall–Kier alpha value is -1.59. The summed E-state index contributed by atoms with van der Waals surface area (Å²) in [6.45, 7) is 6.68. The molecule has 6 nitrogen and oxygen atoms in total. The molecule has 0 aromatic carbocycles. The summed E-state index contributed by atoms with van der Waals surface area (Å²) in [4.78, 5) is 37.9. The van der Waals surface area contributed by atoms with Crippen molar-refractivity contribution in [3.63, 3.8) is 0 Å². The van der Waals surface area contributed by atoms with Crippen LogP contribution in [0.1, 0.15) is 316 Å². The summed E-state index contributed by atoms with van der Waals surface area (Å²) in [5, 5.41) is 0. The second-order valence-corrected chi connectivity index (χ2v) is 18.9. The van der Waals surface area contributed by atoms with E-state index < -0.39 is 6.10 Å². The van der Waals surface area contributed by atoms with E-state index in [4.69, 9.17) is 14.2 Å². The van der Waals surface area contributed by atoms with E-state index in [0.29, 0.717) is 19.3 Å². The Morgan fingerprint density at radius 3 is 0.656 bits per heavy atom. The molecule has 0 unspecified atom stereocenters. The van der Waals surface area contributed by atoms with Gasteiger partial charge in [-0.1, -0.05) is 278 Å². The first-order valence-electron chi connectivity index (χ1n) is 27.5. The topological polar surface area (TPSA) is 78.9 Å². The Balaban J connectivity index is 4.21. The van der Waals surface area contributed by atoms with Gasteiger partial charge in [-0.05, 0) is 19.3 Å². The molecule has 0 N–H and O–H groups in total. The van der Waals surface area contributed by atoms with Gasteiger partial charge in [-0.2, -0.15) is 0 Å². The molecule has 0 aliphatic heterocycles. The number of carbonyl (C=O) groups is 3. The van der Waals surface area contributed by atoms with Gasteiger partial charge in [0, 0.05) is 19.3 Å². The van der Waals surface area contributed by atoms with Crippen LogP contribution < -0.4 is 0 Å². The molecule has 0 aliphatic rings. The van der Waals surface area contributed by atoms with Gasteiger partial charge in [-0.3, -0.25) is 14.4 Å². The normalized spacial score (nSPS) is 11.9. The maximum Gasteiger partial charge on any atom is 0.306 e. The minimum atomic E-state index is -0.759. The van der Waals surface area contributed by atoms with Crippen LogP contribution in [0.3, 0.4) is 0 Å². The van der Waals surface area contributed by atoms with Crippen molar-refractivity contribution in [3.05, 3.63) is 0 Å². The highest BCUT2D eigenvalue weighted by atomic mass is 16.6. The van der Waals surface area contributed by atoms with Crippen LogP contribution in [0.15, 0.2) is 0 Å². The summed E-state index contributed by atoms with van der Waals surface area (Å²) in [6, 6.07) is 0. The quantitative estimate of drug-likeness (QED) is 0.0344. The van der Waals surface area contributed by atoms with E-state index in [0.717, 1.165) is 57.8 Å². The Kier molecular flexibility index (Phi) is 49.7. The van der Waals surface area contributed by atoms with Gasteiger partial charge in [0.1, 0.15) is 13.2 Å². The second kappa shape index (κ2) is 51.0. The van der Waals surface area contributed by atoms with Gasteiger partial charge in [-0.25, -0.2) is 0 Å². The minimum absolute atomic E-state index is 0.0616. The van der Waals surface area contributed by atoms with Crippen molar-refractivity contribution in [3.8, 4) is 0 Å². The Bertz CT molecular complexity index is 905. The van der Waals surface area contributed by atoms with E-state index in [-0.39, 0.29) is 31.1 Å². The van der Waals surface area contributed by atoms with Crippen molar-refractivity contribution in [2.45, 2.75) is 322 Å². The highest BCUT2D eigenvalue weighted by molar-refractivity contribution is 5.71. The number of ether oxygens (including phenoxy) is 3. The van der Waals surface area contributed by atoms with Gasteiger partial charge in [0.15, 0.2) is 6.10 Å². The second-order valence-electron chi connectivity index (χ2n) is 18.9. The summed E-state index contributed by atoms with van der Waals surface area (Å²) in [5.41, 5.74) is 0. The molecular formula is C55H106O6. The molecule has 0 saturated heterocycles. The number of carbonyl (C=O) groups excluding carboxylic acids is 3. The average Bonchev–Trinajstić information content (AvgIpc) is 3.26. The van der Waals surface area contributed by atoms with Gasteiger partial charge in [0.25, 0.3) is 0 Å². The van der Waals surface area contributed by atoms with Crippen LogP contribution in [-0.4, -0.2) is 37.2 Å². The lowest BCUT2D eigenvalue weighted by atomic mass is 10.0. The van der Waals surface area contributed by atoms with E-state index in [1.54, 1.807) is 0 Å². The van der Waals surface area contributed by atoms with Gasteiger partial charge >= 0.3 is 17.9 Å². The summed E-state index contributed by atoms with van der Waals surface area (Å²) >= 11 is 0. The monoisotopic (exact) mass is 863 g/mol. The first-order chi connectivity index (χ1) is 30.0. The van der Waals surface area contributed by atoms with Crippen molar-refractivity contribution in [2.75, 3.05) is 13.2 Å². The van der Waals surface area contributed by atoms with Crippen LogP contribution in [0.4, 0.5) is 0 Å². The number of rotatable bonds is 51. The summed E-state index contributed by atoms with van der Waals surface area (Å²) < 4.78 is 16.8. The van der Waals surface area contributed by atoms with Crippen LogP contribution in [0.2, 0.25) is 0 Å². The van der Waals surface area contributed by atoms with Gasteiger partial charge in [0.2, 0.25) is 0 Å². The van der Waals surface area contributed by atoms with Crippen molar-refractivity contribution < 1.29 is 28.6 Å². The highest BCUT2D eigenvalue weighted by Gasteiger charge is 2.19. The van der Waals surface area contributed by atoms with Gasteiger partial charge in [-0.15, -0.1) is 0 Å². The van der Waals surface area contributed by atoms with Crippen molar-refractivity contribution in [1.82, 2.24) is 0 Å². The fourth-order valence-electron chi connectivity index (χ4n) is 8.45. The zero-order valence-corrected chi connectivity index (χ0v) is 41.5. The van der Waals surface area contributed by atoms with E-state index >= 15 is 0 Å². The molecule has 0 aromatic rings. The fourth-order valence-corrected chi connectivity index (χ4v) is 8.45. The summed E-state index contributed by atoms with van der Waals surface area (Å²) in [5.74, 6) is -0.840. The standard InChI is InChI=1S/C55H106O6/c1-4-7-10-13-16-19-21-23-25-26-27-28-30-31-33-36-39-42-45-48-54(57)60-51-52(50-59-53(56)47-44-41-38-35-18-15-12-9-6-3)61-55(58)49-46-43-40-37-34-32-29-24-22-20-17-14-11-8-5-2/h52H,4-51H2,1-3H3/t52-/m0/s1. The van der Waals surface area contributed by atoms with Crippen LogP contribution >= 0.6 is 0 Å². The van der Waals surface area contributed by atoms with E-state index in [1.165, 1.54) is 218 Å². The fraction of sp³-hybridized carbons (Fsp3) is 0.945. The molecule has 0 amide bonds. The molecule has 0 rings (SSSR count). The van der Waals surface area contributed by atoms with E-state index in [9.17, 15) is 14.4 Å². The predicted octanol–water partition coefficient (Wildman–Crippen LogP) is 18.0. The van der Waals surface area contributed by atoms with Crippen LogP contribution in [0.5, 0.6) is 0 Å². The summed E-state index contributed by atoms with van der Waals surface area (Å²) in [7, 11) is 0. The number of hydrogen-bond donors (Lipinski definition) is 0. The lowest BCUT2D eigenvalue weighted by molar-refractivity contribution is -0.167. The van der Waals surface area contributed by atoms with Crippen LogP contribution in [0.25, 0.3) is 0 Å². The lowest BCUT2D eigenvalue weighted by Gasteiger charge is -2.18. The Morgan fingerprint density at radius 2 is 0.443 bits per heavy atom. The molecule has 0 heterocycles. The summed E-state index contributed by atoms with van der Waals surface area (Å²) in [6.07, 6.45) is 55.2. The molecule has 0 aliphatic carbocycles. The van der Waals surface area contributed by atoms with Crippen molar-refractivity contribution in [1.29, 1.82) is 0 Å². The molecule has 6 heteroatoms. The molecule has 1 atom stereocenters. The number of hydrogen-bond acceptors (Lipinski definition) is 6. The van der Waals surface area contributed by atoms with Gasteiger partial charge in [0.05, 0.1) is 0 Å². The molecule has 0 spiro atoms. The van der Waals surface area contributed by atoms with Gasteiger partial charge < -0.3 is 14.2 Å². The molecule has 0 bridgehead atoms. The zero-order chi connectivity index (χ0) is 44.4. The van der Waals surface area contributed by atoms with Crippen molar-refractivity contribution in [2.24, 2.45) is 0 Å². The van der Waals surface area contributed by atoms with E-state index in [2.05, 4.69) is 20.8 Å². The Labute approximate surface area is 380 Å².